The lowest BCUT2D eigenvalue weighted by molar-refractivity contribution is 0.660. The van der Waals surface area contributed by atoms with Gasteiger partial charge in [-0.2, -0.15) is 0 Å². The molecule has 0 aliphatic heterocycles. The SMILES string of the molecule is CC1(C)c2ccccc2-c2cc(-c3ccc(-c4ccc5c6c(cccc46)-c4ccc6ccccc6c4-5)cc3)ccc21.c1cc(-c2ccc3cc(-c4ccc5ccccc5c4)ccc3c2)cc(-c2ccc3c4c(cc5ccccc5c24)-c2ccc4ccccc4c2-3)c1.c1ccc2cc(-c3ccc4c5c(cc6ccccc6c35)-c3ccc5ccccc5c3-4)ccc2c1. The van der Waals surface area contributed by atoms with Crippen molar-refractivity contribution in [2.45, 2.75) is 19.3 Å². The van der Waals surface area contributed by atoms with Gasteiger partial charge in [0.05, 0.1) is 0 Å². The molecule has 0 unspecified atom stereocenters. The fourth-order valence-electron chi connectivity index (χ4n) is 22.2. The van der Waals surface area contributed by atoms with Gasteiger partial charge in [-0.1, -0.05) is 402 Å². The molecule has 578 valence electrons. The highest BCUT2D eigenvalue weighted by molar-refractivity contribution is 6.32. The van der Waals surface area contributed by atoms with E-state index in [1.807, 2.05) is 0 Å². The summed E-state index contributed by atoms with van der Waals surface area (Å²) in [6.45, 7) is 4.68. The summed E-state index contributed by atoms with van der Waals surface area (Å²) in [5.41, 5.74) is 36.9. The van der Waals surface area contributed by atoms with E-state index in [-0.39, 0.29) is 5.41 Å². The molecule has 0 radical (unpaired) electrons. The first kappa shape index (κ1) is 70.9. The normalized spacial score (nSPS) is 12.6. The summed E-state index contributed by atoms with van der Waals surface area (Å²) in [6.07, 6.45) is 0. The zero-order valence-corrected chi connectivity index (χ0v) is 69.1. The van der Waals surface area contributed by atoms with E-state index in [1.54, 1.807) is 0 Å². The minimum Gasteiger partial charge on any atom is -0.0619 e. The molecular formula is C125H78. The molecule has 0 nitrogen and oxygen atoms in total. The molecule has 0 fully saturated rings. The summed E-state index contributed by atoms with van der Waals surface area (Å²) >= 11 is 0. The second-order valence-electron chi connectivity index (χ2n) is 35.1. The highest BCUT2D eigenvalue weighted by Crippen LogP contribution is 2.58. The molecule has 0 N–H and O–H groups in total. The fourth-order valence-corrected chi connectivity index (χ4v) is 22.2. The monoisotopic (exact) mass is 1580 g/mol. The van der Waals surface area contributed by atoms with Crippen molar-refractivity contribution in [2.24, 2.45) is 0 Å². The van der Waals surface area contributed by atoms with Crippen LogP contribution in [-0.4, -0.2) is 0 Å². The third-order valence-corrected chi connectivity index (χ3v) is 28.1. The predicted octanol–water partition coefficient (Wildman–Crippen LogP) is 35.0. The van der Waals surface area contributed by atoms with E-state index < -0.39 is 0 Å². The van der Waals surface area contributed by atoms with Crippen LogP contribution in [0.25, 0.3) is 263 Å². The van der Waals surface area contributed by atoms with Crippen molar-refractivity contribution in [2.75, 3.05) is 0 Å². The average molecular weight is 1580 g/mol. The summed E-state index contributed by atoms with van der Waals surface area (Å²) in [5.74, 6) is 0. The van der Waals surface area contributed by atoms with Crippen molar-refractivity contribution in [3.8, 4) is 145 Å². The minimum absolute atomic E-state index is 0.0377. The quantitative estimate of drug-likeness (QED) is 0.146. The third kappa shape index (κ3) is 11.0. The first-order valence-corrected chi connectivity index (χ1v) is 43.8. The largest absolute Gasteiger partial charge is 0.0619 e. The van der Waals surface area contributed by atoms with Gasteiger partial charge in [0.15, 0.2) is 0 Å². The minimum atomic E-state index is 0.0377. The molecule has 0 saturated carbocycles. The maximum absolute atomic E-state index is 2.41. The zero-order chi connectivity index (χ0) is 82.3. The molecule has 24 aromatic rings. The van der Waals surface area contributed by atoms with Crippen molar-refractivity contribution in [3.63, 3.8) is 0 Å². The van der Waals surface area contributed by atoms with E-state index in [9.17, 15) is 0 Å². The summed E-state index contributed by atoms with van der Waals surface area (Å²) < 4.78 is 0. The Morgan fingerprint density at radius 3 is 0.992 bits per heavy atom. The highest BCUT2D eigenvalue weighted by Gasteiger charge is 2.36. The number of benzene rings is 24. The molecule has 24 aromatic carbocycles. The van der Waals surface area contributed by atoms with Crippen molar-refractivity contribution in [1.82, 2.24) is 0 Å². The number of rotatable bonds is 6. The average Bonchev–Trinajstić information content (AvgIpc) is 1.56. The van der Waals surface area contributed by atoms with Gasteiger partial charge in [0.25, 0.3) is 0 Å². The van der Waals surface area contributed by atoms with E-state index in [0.717, 1.165) is 0 Å². The lowest BCUT2D eigenvalue weighted by Gasteiger charge is -2.21. The second kappa shape index (κ2) is 27.6. The molecule has 0 atom stereocenters. The molecule has 0 heterocycles. The van der Waals surface area contributed by atoms with E-state index in [2.05, 4.69) is 451 Å². The number of hydrogen-bond donors (Lipinski definition) is 0. The molecule has 0 saturated heterocycles. The lowest BCUT2D eigenvalue weighted by atomic mass is 9.82. The van der Waals surface area contributed by atoms with Crippen LogP contribution in [0.2, 0.25) is 0 Å². The second-order valence-corrected chi connectivity index (χ2v) is 35.1. The van der Waals surface area contributed by atoms with E-state index in [0.29, 0.717) is 0 Å². The van der Waals surface area contributed by atoms with Gasteiger partial charge in [0.1, 0.15) is 0 Å². The number of hydrogen-bond acceptors (Lipinski definition) is 0. The van der Waals surface area contributed by atoms with Gasteiger partial charge in [0.2, 0.25) is 0 Å². The Balaban J connectivity index is 0.000000102. The Morgan fingerprint density at radius 2 is 0.448 bits per heavy atom. The van der Waals surface area contributed by atoms with E-state index >= 15 is 0 Å². The van der Waals surface area contributed by atoms with Gasteiger partial charge in [-0.05, 0) is 323 Å². The third-order valence-electron chi connectivity index (χ3n) is 28.1. The van der Waals surface area contributed by atoms with Gasteiger partial charge in [-0.25, -0.2) is 0 Å². The maximum Gasteiger partial charge on any atom is 0.0158 e. The van der Waals surface area contributed by atoms with Crippen molar-refractivity contribution >= 4 is 118 Å². The highest BCUT2D eigenvalue weighted by atomic mass is 14.4. The van der Waals surface area contributed by atoms with Crippen LogP contribution in [0.5, 0.6) is 0 Å². The van der Waals surface area contributed by atoms with Crippen LogP contribution in [0.15, 0.2) is 437 Å². The molecule has 4 aliphatic rings. The summed E-state index contributed by atoms with van der Waals surface area (Å²) in [5, 5.41) is 28.8. The summed E-state index contributed by atoms with van der Waals surface area (Å²) in [4.78, 5) is 0. The van der Waals surface area contributed by atoms with Crippen LogP contribution >= 0.6 is 0 Å². The molecule has 0 bridgehead atoms. The standard InChI is InChI=1S/C50H30.C41H28.C34H20/c1-2-10-33-26-36(17-16-31(33)8-1)38-21-20-37-27-35(18-19-39(37)28-38)34-12-7-13-40(29-34)44-24-25-46-48-42-14-5-3-9-32(42)22-23-45(48)47-30-41-11-4-6-15-43(41)49(44)50(46)47;1-41(2)37-13-6-5-10-31(37)36-24-28(19-23-38(36)41)25-14-16-27(17-15-25)29-21-22-35-39-30-9-4-3-8-26(30)18-20-34(39)33-12-7-11-32(29)40(33)35;1-2-9-23-19-25(14-13-21(23)7-1)28-17-18-30-32-26-11-5-3-8-22(26)15-16-29(32)31-20-24-10-4-6-12-27(24)33(28)34(30)31/h1-30H;3-24H,1-2H3;1-20H. The molecular weight excluding hydrogens is 1500 g/mol. The van der Waals surface area contributed by atoms with Crippen LogP contribution in [0, 0.1) is 0 Å². The maximum atomic E-state index is 2.41. The Kier molecular flexibility index (Phi) is 15.7. The Morgan fingerprint density at radius 1 is 0.128 bits per heavy atom. The Bertz CT molecular complexity index is 8810. The van der Waals surface area contributed by atoms with Crippen molar-refractivity contribution in [3.05, 3.63) is 448 Å². The van der Waals surface area contributed by atoms with Crippen LogP contribution in [0.4, 0.5) is 0 Å². The van der Waals surface area contributed by atoms with Crippen molar-refractivity contribution in [1.29, 1.82) is 0 Å². The van der Waals surface area contributed by atoms with Crippen LogP contribution < -0.4 is 0 Å². The van der Waals surface area contributed by atoms with Gasteiger partial charge >= 0.3 is 0 Å². The molecule has 0 aromatic heterocycles. The molecule has 0 heteroatoms. The molecule has 0 amide bonds. The fraction of sp³-hybridized carbons (Fsp3) is 0.0240. The van der Waals surface area contributed by atoms with Gasteiger partial charge in [0, 0.05) is 5.41 Å². The van der Waals surface area contributed by atoms with Crippen LogP contribution in [0.1, 0.15) is 25.0 Å². The zero-order valence-electron chi connectivity index (χ0n) is 69.1. The molecule has 125 heavy (non-hydrogen) atoms. The van der Waals surface area contributed by atoms with Gasteiger partial charge in [-0.15, -0.1) is 0 Å². The lowest BCUT2D eigenvalue weighted by Crippen LogP contribution is -2.14. The summed E-state index contributed by atoms with van der Waals surface area (Å²) in [6, 6.07) is 162. The summed E-state index contributed by atoms with van der Waals surface area (Å²) in [7, 11) is 0. The predicted molar refractivity (Wildman–Crippen MR) is 535 cm³/mol. The van der Waals surface area contributed by atoms with Gasteiger partial charge < -0.3 is 0 Å². The molecule has 4 aliphatic carbocycles. The van der Waals surface area contributed by atoms with Gasteiger partial charge in [-0.3, -0.25) is 0 Å². The molecule has 0 spiro atoms. The Hall–Kier alpha value is -15.9. The van der Waals surface area contributed by atoms with Crippen molar-refractivity contribution < 1.29 is 0 Å². The number of fused-ring (bicyclic) bond motifs is 25. The van der Waals surface area contributed by atoms with E-state index in [4.69, 9.17) is 0 Å². The van der Waals surface area contributed by atoms with Crippen LogP contribution in [0.3, 0.4) is 0 Å². The topological polar surface area (TPSA) is 0 Å². The molecule has 28 rings (SSSR count). The first-order chi connectivity index (χ1) is 61.7. The Labute approximate surface area is 725 Å². The first-order valence-electron chi connectivity index (χ1n) is 43.8. The van der Waals surface area contributed by atoms with E-state index in [1.165, 1.54) is 274 Å². The smallest absolute Gasteiger partial charge is 0.0158 e. The van der Waals surface area contributed by atoms with Crippen LogP contribution in [-0.2, 0) is 5.41 Å².